The Morgan fingerprint density at radius 3 is 2.86 bits per heavy atom. The molecule has 156 valence electrons. The first-order valence-corrected chi connectivity index (χ1v) is 10.9. The van der Waals surface area contributed by atoms with Crippen LogP contribution in [0.15, 0.2) is 35.4 Å². The summed E-state index contributed by atoms with van der Waals surface area (Å²) in [6.07, 6.45) is -0.0656. The number of rotatable bonds is 8. The van der Waals surface area contributed by atoms with Crippen molar-refractivity contribution in [2.45, 2.75) is 24.3 Å². The van der Waals surface area contributed by atoms with Gasteiger partial charge in [-0.15, -0.1) is 5.10 Å². The van der Waals surface area contributed by atoms with Crippen LogP contribution in [0.5, 0.6) is 0 Å². The molecule has 1 aliphatic rings. The van der Waals surface area contributed by atoms with Gasteiger partial charge in [0.2, 0.25) is 5.91 Å². The Kier molecular flexibility index (Phi) is 8.53. The molecule has 1 fully saturated rings. The highest BCUT2D eigenvalue weighted by molar-refractivity contribution is 7.99. The minimum absolute atomic E-state index is 0.0656. The van der Waals surface area contributed by atoms with Gasteiger partial charge in [-0.05, 0) is 29.8 Å². The molecule has 1 aromatic heterocycles. The van der Waals surface area contributed by atoms with Crippen LogP contribution < -0.4 is 5.32 Å². The lowest BCUT2D eigenvalue weighted by Gasteiger charge is -2.33. The van der Waals surface area contributed by atoms with Crippen LogP contribution in [-0.2, 0) is 22.7 Å². The van der Waals surface area contributed by atoms with Gasteiger partial charge in [-0.1, -0.05) is 41.0 Å². The van der Waals surface area contributed by atoms with E-state index in [0.717, 1.165) is 25.2 Å². The number of thioether (sulfide) groups is 1. The molecule has 3 rings (SSSR count). The molecule has 29 heavy (non-hydrogen) atoms. The Bertz CT molecular complexity index is 826. The summed E-state index contributed by atoms with van der Waals surface area (Å²) >= 11 is 13.4. The second-order valence-corrected chi connectivity index (χ2v) is 8.40. The number of nitrogens with one attached hydrogen (secondary N) is 1. The van der Waals surface area contributed by atoms with Gasteiger partial charge in [0.1, 0.15) is 5.03 Å². The van der Waals surface area contributed by atoms with E-state index in [9.17, 15) is 4.79 Å². The highest BCUT2D eigenvalue weighted by Crippen LogP contribution is 2.23. The number of ether oxygens (including phenoxy) is 1. The van der Waals surface area contributed by atoms with Crippen LogP contribution in [0.25, 0.3) is 0 Å². The van der Waals surface area contributed by atoms with Crippen molar-refractivity contribution in [2.24, 2.45) is 0 Å². The molecule has 2 N–H and O–H groups in total. The average molecular weight is 457 g/mol. The number of nitrogens with zero attached hydrogens (tertiary/aromatic N) is 3. The largest absolute Gasteiger partial charge is 0.390 e. The molecule has 0 unspecified atom stereocenters. The SMILES string of the molecule is O=C(CSc1ccc(CO)nn1)NC[C@H]1CN(Cc2ccc(Cl)c(Cl)c2)CCO1. The van der Waals surface area contributed by atoms with Crippen LogP contribution in [0.4, 0.5) is 0 Å². The summed E-state index contributed by atoms with van der Waals surface area (Å²) in [7, 11) is 0. The van der Waals surface area contributed by atoms with Crippen LogP contribution in [0.2, 0.25) is 10.0 Å². The first-order chi connectivity index (χ1) is 14.0. The molecule has 7 nitrogen and oxygen atoms in total. The maximum atomic E-state index is 12.1. The Morgan fingerprint density at radius 1 is 1.28 bits per heavy atom. The van der Waals surface area contributed by atoms with Gasteiger partial charge in [0.15, 0.2) is 0 Å². The number of aliphatic hydroxyl groups excluding tert-OH is 1. The summed E-state index contributed by atoms with van der Waals surface area (Å²) < 4.78 is 5.77. The molecule has 1 atom stereocenters. The van der Waals surface area contributed by atoms with Crippen molar-refractivity contribution in [3.8, 4) is 0 Å². The van der Waals surface area contributed by atoms with Gasteiger partial charge < -0.3 is 15.2 Å². The van der Waals surface area contributed by atoms with Gasteiger partial charge in [-0.2, -0.15) is 5.10 Å². The number of morpholine rings is 1. The van der Waals surface area contributed by atoms with E-state index >= 15 is 0 Å². The van der Waals surface area contributed by atoms with E-state index in [-0.39, 0.29) is 24.4 Å². The number of halogens is 2. The fourth-order valence-electron chi connectivity index (χ4n) is 2.87. The van der Waals surface area contributed by atoms with E-state index in [0.29, 0.717) is 33.9 Å². The first-order valence-electron chi connectivity index (χ1n) is 9.14. The normalized spacial score (nSPS) is 17.3. The van der Waals surface area contributed by atoms with Crippen LogP contribution >= 0.6 is 35.0 Å². The number of amides is 1. The molecule has 1 amide bonds. The predicted octanol–water partition coefficient (Wildman–Crippen LogP) is 2.38. The lowest BCUT2D eigenvalue weighted by Crippen LogP contribution is -2.47. The van der Waals surface area contributed by atoms with Gasteiger partial charge in [0, 0.05) is 26.2 Å². The predicted molar refractivity (Wildman–Crippen MR) is 113 cm³/mol. The van der Waals surface area contributed by atoms with E-state index in [1.807, 2.05) is 12.1 Å². The zero-order valence-electron chi connectivity index (χ0n) is 15.7. The molecule has 10 heteroatoms. The number of benzene rings is 1. The lowest BCUT2D eigenvalue weighted by atomic mass is 10.2. The standard InChI is InChI=1S/C19H22Cl2N4O3S/c20-16-3-1-13(7-17(16)21)9-25-5-6-28-15(10-25)8-22-18(27)12-29-19-4-2-14(11-26)23-24-19/h1-4,7,15,26H,5-6,8-12H2,(H,22,27)/t15-/m0/s1. The molecule has 0 bridgehead atoms. The first kappa shape index (κ1) is 22.3. The topological polar surface area (TPSA) is 87.6 Å². The maximum Gasteiger partial charge on any atom is 0.230 e. The molecular weight excluding hydrogens is 435 g/mol. The molecule has 0 saturated carbocycles. The van der Waals surface area contributed by atoms with Crippen molar-refractivity contribution in [1.82, 2.24) is 20.4 Å². The molecule has 1 aliphatic heterocycles. The summed E-state index contributed by atoms with van der Waals surface area (Å²) in [6, 6.07) is 9.07. The van der Waals surface area contributed by atoms with E-state index < -0.39 is 0 Å². The third kappa shape index (κ3) is 7.09. The minimum atomic E-state index is -0.151. The third-order valence-electron chi connectivity index (χ3n) is 4.35. The molecule has 0 radical (unpaired) electrons. The van der Waals surface area contributed by atoms with E-state index in [4.69, 9.17) is 33.0 Å². The van der Waals surface area contributed by atoms with Gasteiger partial charge in [-0.3, -0.25) is 9.69 Å². The second-order valence-electron chi connectivity index (χ2n) is 6.59. The van der Waals surface area contributed by atoms with E-state index in [1.165, 1.54) is 11.8 Å². The van der Waals surface area contributed by atoms with Crippen molar-refractivity contribution in [3.05, 3.63) is 51.6 Å². The van der Waals surface area contributed by atoms with Crippen LogP contribution in [-0.4, -0.2) is 64.2 Å². The molecule has 0 aliphatic carbocycles. The van der Waals surface area contributed by atoms with Crippen molar-refractivity contribution in [2.75, 3.05) is 32.0 Å². The zero-order chi connectivity index (χ0) is 20.6. The van der Waals surface area contributed by atoms with Gasteiger partial charge in [0.05, 0.1) is 40.8 Å². The summed E-state index contributed by atoms with van der Waals surface area (Å²) in [5.74, 6) is 0.153. The number of aliphatic hydroxyl groups is 1. The summed E-state index contributed by atoms with van der Waals surface area (Å²) in [6.45, 7) is 3.21. The maximum absolute atomic E-state index is 12.1. The number of carbonyl (C=O) groups excluding carboxylic acids is 1. The van der Waals surface area contributed by atoms with Gasteiger partial charge in [-0.25, -0.2) is 0 Å². The van der Waals surface area contributed by atoms with Crippen molar-refractivity contribution in [1.29, 1.82) is 0 Å². The Morgan fingerprint density at radius 2 is 2.14 bits per heavy atom. The minimum Gasteiger partial charge on any atom is -0.390 e. The Balaban J connectivity index is 1.40. The number of carbonyl (C=O) groups is 1. The number of aromatic nitrogens is 2. The lowest BCUT2D eigenvalue weighted by molar-refractivity contribution is -0.119. The highest BCUT2D eigenvalue weighted by Gasteiger charge is 2.21. The van der Waals surface area contributed by atoms with Gasteiger partial charge in [0.25, 0.3) is 0 Å². The number of hydrogen-bond acceptors (Lipinski definition) is 7. The average Bonchev–Trinajstić information content (AvgIpc) is 2.74. The van der Waals surface area contributed by atoms with Crippen molar-refractivity contribution in [3.63, 3.8) is 0 Å². The van der Waals surface area contributed by atoms with Crippen LogP contribution in [0, 0.1) is 0 Å². The van der Waals surface area contributed by atoms with Crippen molar-refractivity contribution >= 4 is 40.9 Å². The smallest absolute Gasteiger partial charge is 0.230 e. The quantitative estimate of drug-likeness (QED) is 0.589. The number of hydrogen-bond donors (Lipinski definition) is 2. The molecule has 1 saturated heterocycles. The highest BCUT2D eigenvalue weighted by atomic mass is 35.5. The van der Waals surface area contributed by atoms with Crippen molar-refractivity contribution < 1.29 is 14.6 Å². The summed E-state index contributed by atoms with van der Waals surface area (Å²) in [5.41, 5.74) is 1.59. The van der Waals surface area contributed by atoms with Gasteiger partial charge >= 0.3 is 0 Å². The summed E-state index contributed by atoms with van der Waals surface area (Å²) in [4.78, 5) is 14.4. The Hall–Kier alpha value is -1.42. The fourth-order valence-corrected chi connectivity index (χ4v) is 3.84. The molecular formula is C19H22Cl2N4O3S. The monoisotopic (exact) mass is 456 g/mol. The molecule has 0 spiro atoms. The molecule has 2 aromatic rings. The zero-order valence-corrected chi connectivity index (χ0v) is 18.0. The van der Waals surface area contributed by atoms with E-state index in [1.54, 1.807) is 18.2 Å². The third-order valence-corrected chi connectivity index (χ3v) is 6.01. The van der Waals surface area contributed by atoms with E-state index in [2.05, 4.69) is 20.4 Å². The molecule has 1 aromatic carbocycles. The fraction of sp³-hybridized carbons (Fsp3) is 0.421. The van der Waals surface area contributed by atoms with Crippen LogP contribution in [0.3, 0.4) is 0 Å². The summed E-state index contributed by atoms with van der Waals surface area (Å²) in [5, 5.41) is 21.4. The Labute approximate surface area is 183 Å². The second kappa shape index (κ2) is 11.1. The van der Waals surface area contributed by atoms with Crippen LogP contribution in [0.1, 0.15) is 11.3 Å². The molecule has 2 heterocycles.